The van der Waals surface area contributed by atoms with Crippen LogP contribution in [0.5, 0.6) is 5.75 Å². The van der Waals surface area contributed by atoms with E-state index in [4.69, 9.17) is 4.74 Å². The Morgan fingerprint density at radius 1 is 1.45 bits per heavy atom. The van der Waals surface area contributed by atoms with E-state index in [-0.39, 0.29) is 24.0 Å². The average Bonchev–Trinajstić information content (AvgIpc) is 2.45. The fraction of sp³-hybridized carbons (Fsp3) is 0.417. The molecule has 1 aliphatic rings. The van der Waals surface area contributed by atoms with Gasteiger partial charge in [0, 0.05) is 38.3 Å². The molecule has 8 heteroatoms. The quantitative estimate of drug-likeness (QED) is 0.644. The van der Waals surface area contributed by atoms with Gasteiger partial charge in [0.15, 0.2) is 6.61 Å². The van der Waals surface area contributed by atoms with E-state index in [0.717, 1.165) is 18.2 Å². The van der Waals surface area contributed by atoms with E-state index in [1.807, 2.05) is 0 Å². The number of nitrogens with zero attached hydrogens (tertiary/aromatic N) is 2. The lowest BCUT2D eigenvalue weighted by Gasteiger charge is -2.27. The molecule has 1 saturated heterocycles. The van der Waals surface area contributed by atoms with Gasteiger partial charge in [-0.25, -0.2) is 4.39 Å². The topological polar surface area (TPSA) is 84.7 Å². The molecule has 7 nitrogen and oxygen atoms in total. The summed E-state index contributed by atoms with van der Waals surface area (Å²) < 4.78 is 18.2. The maximum atomic E-state index is 13.1. The lowest BCUT2D eigenvalue weighted by molar-refractivity contribution is -0.385. The van der Waals surface area contributed by atoms with Gasteiger partial charge in [0.05, 0.1) is 4.92 Å². The van der Waals surface area contributed by atoms with Crippen molar-refractivity contribution in [1.29, 1.82) is 0 Å². The molecule has 1 aromatic carbocycles. The van der Waals surface area contributed by atoms with Gasteiger partial charge in [-0.2, -0.15) is 0 Å². The van der Waals surface area contributed by atoms with Crippen LogP contribution in [-0.4, -0.2) is 48.5 Å². The molecule has 2 rings (SSSR count). The molecule has 108 valence electrons. The number of hydrogen-bond donors (Lipinski definition) is 1. The van der Waals surface area contributed by atoms with Gasteiger partial charge in [0.1, 0.15) is 5.82 Å². The van der Waals surface area contributed by atoms with Gasteiger partial charge in [-0.15, -0.1) is 0 Å². The molecule has 1 amide bonds. The third kappa shape index (κ3) is 3.41. The molecule has 1 aliphatic heterocycles. The van der Waals surface area contributed by atoms with Crippen LogP contribution in [0.15, 0.2) is 18.2 Å². The highest BCUT2D eigenvalue weighted by Crippen LogP contribution is 2.27. The third-order valence-corrected chi connectivity index (χ3v) is 2.94. The van der Waals surface area contributed by atoms with E-state index in [1.165, 1.54) is 0 Å². The van der Waals surface area contributed by atoms with Crippen LogP contribution in [0, 0.1) is 15.9 Å². The minimum absolute atomic E-state index is 0.238. The third-order valence-electron chi connectivity index (χ3n) is 2.94. The summed E-state index contributed by atoms with van der Waals surface area (Å²) in [5.74, 6) is -1.16. The maximum absolute atomic E-state index is 13.1. The van der Waals surface area contributed by atoms with E-state index in [2.05, 4.69) is 5.32 Å². The van der Waals surface area contributed by atoms with Crippen molar-refractivity contribution in [2.24, 2.45) is 0 Å². The average molecular weight is 283 g/mol. The number of benzene rings is 1. The second-order valence-corrected chi connectivity index (χ2v) is 4.29. The second kappa shape index (κ2) is 6.29. The molecule has 0 aromatic heterocycles. The number of nitro groups is 1. The van der Waals surface area contributed by atoms with Crippen LogP contribution in [0.4, 0.5) is 10.1 Å². The summed E-state index contributed by atoms with van der Waals surface area (Å²) in [6, 6.07) is 2.90. The van der Waals surface area contributed by atoms with Gasteiger partial charge >= 0.3 is 5.69 Å². The van der Waals surface area contributed by atoms with Crippen molar-refractivity contribution in [2.45, 2.75) is 0 Å². The highest BCUT2D eigenvalue weighted by atomic mass is 19.1. The van der Waals surface area contributed by atoms with Crippen molar-refractivity contribution < 1.29 is 18.8 Å². The summed E-state index contributed by atoms with van der Waals surface area (Å²) in [6.45, 7) is 2.18. The maximum Gasteiger partial charge on any atom is 0.311 e. The Hall–Kier alpha value is -2.22. The number of carbonyl (C=O) groups excluding carboxylic acids is 1. The van der Waals surface area contributed by atoms with Crippen molar-refractivity contribution in [3.05, 3.63) is 34.1 Å². The van der Waals surface area contributed by atoms with Crippen LogP contribution in [0.3, 0.4) is 0 Å². The van der Waals surface area contributed by atoms with Gasteiger partial charge in [0.2, 0.25) is 5.75 Å². The number of hydrogen-bond acceptors (Lipinski definition) is 5. The van der Waals surface area contributed by atoms with E-state index in [1.54, 1.807) is 4.90 Å². The first-order chi connectivity index (χ1) is 9.58. The molecule has 0 saturated carbocycles. The van der Waals surface area contributed by atoms with E-state index >= 15 is 0 Å². The van der Waals surface area contributed by atoms with Crippen molar-refractivity contribution in [1.82, 2.24) is 10.2 Å². The minimum atomic E-state index is -0.677. The van der Waals surface area contributed by atoms with Crippen molar-refractivity contribution in [3.63, 3.8) is 0 Å². The molecule has 1 N–H and O–H groups in total. The number of nitro benzene ring substituents is 1. The molecule has 0 atom stereocenters. The fourth-order valence-corrected chi connectivity index (χ4v) is 1.90. The van der Waals surface area contributed by atoms with Gasteiger partial charge in [-0.3, -0.25) is 14.9 Å². The number of halogens is 1. The SMILES string of the molecule is O=C(COc1cc(F)ccc1[N+](=O)[O-])N1CCNCC1. The van der Waals surface area contributed by atoms with E-state index in [0.29, 0.717) is 26.2 Å². The zero-order valence-corrected chi connectivity index (χ0v) is 10.7. The molecule has 1 aromatic rings. The molecular formula is C12H14FN3O4. The Morgan fingerprint density at radius 2 is 2.15 bits per heavy atom. The number of ether oxygens (including phenoxy) is 1. The van der Waals surface area contributed by atoms with Crippen molar-refractivity contribution in [3.8, 4) is 5.75 Å². The van der Waals surface area contributed by atoms with Gasteiger partial charge in [0.25, 0.3) is 5.91 Å². The summed E-state index contributed by atoms with van der Waals surface area (Å²) in [5.41, 5.74) is -0.362. The largest absolute Gasteiger partial charge is 0.477 e. The molecule has 20 heavy (non-hydrogen) atoms. The molecule has 1 fully saturated rings. The number of carbonyl (C=O) groups is 1. The summed E-state index contributed by atoms with van der Waals surface area (Å²) in [7, 11) is 0. The molecule has 0 aliphatic carbocycles. The standard InChI is InChI=1S/C12H14FN3O4/c13-9-1-2-10(16(18)19)11(7-9)20-8-12(17)15-5-3-14-4-6-15/h1-2,7,14H,3-6,8H2. The summed E-state index contributed by atoms with van der Waals surface area (Å²) in [6.07, 6.45) is 0. The van der Waals surface area contributed by atoms with Gasteiger partial charge in [-0.05, 0) is 6.07 Å². The lowest BCUT2D eigenvalue weighted by atomic mass is 10.3. The van der Waals surface area contributed by atoms with Crippen LogP contribution in [0.25, 0.3) is 0 Å². The Balaban J connectivity index is 2.01. The first-order valence-corrected chi connectivity index (χ1v) is 6.13. The zero-order chi connectivity index (χ0) is 14.5. The van der Waals surface area contributed by atoms with Crippen LogP contribution < -0.4 is 10.1 Å². The van der Waals surface area contributed by atoms with Gasteiger partial charge in [-0.1, -0.05) is 0 Å². The number of rotatable bonds is 4. The molecule has 0 radical (unpaired) electrons. The number of piperazine rings is 1. The molecular weight excluding hydrogens is 269 g/mol. The normalized spacial score (nSPS) is 14.9. The van der Waals surface area contributed by atoms with Crippen LogP contribution in [0.1, 0.15) is 0 Å². The Bertz CT molecular complexity index is 517. The molecule has 0 bridgehead atoms. The number of amides is 1. The highest BCUT2D eigenvalue weighted by molar-refractivity contribution is 5.78. The smallest absolute Gasteiger partial charge is 0.311 e. The van der Waals surface area contributed by atoms with Gasteiger partial charge < -0.3 is 15.0 Å². The van der Waals surface area contributed by atoms with E-state index < -0.39 is 10.7 Å². The summed E-state index contributed by atoms with van der Waals surface area (Å²) in [4.78, 5) is 23.5. The van der Waals surface area contributed by atoms with Crippen LogP contribution in [0.2, 0.25) is 0 Å². The predicted molar refractivity (Wildman–Crippen MR) is 68.0 cm³/mol. The summed E-state index contributed by atoms with van der Waals surface area (Å²) in [5, 5.41) is 13.9. The Labute approximate surface area is 114 Å². The monoisotopic (exact) mass is 283 g/mol. The van der Waals surface area contributed by atoms with E-state index in [9.17, 15) is 19.3 Å². The van der Waals surface area contributed by atoms with Crippen LogP contribution in [-0.2, 0) is 4.79 Å². The fourth-order valence-electron chi connectivity index (χ4n) is 1.90. The molecule has 1 heterocycles. The summed E-state index contributed by atoms with van der Waals surface area (Å²) >= 11 is 0. The first kappa shape index (κ1) is 14.2. The van der Waals surface area contributed by atoms with Crippen molar-refractivity contribution >= 4 is 11.6 Å². The lowest BCUT2D eigenvalue weighted by Crippen LogP contribution is -2.47. The Morgan fingerprint density at radius 3 is 2.80 bits per heavy atom. The van der Waals surface area contributed by atoms with Crippen LogP contribution >= 0.6 is 0 Å². The predicted octanol–water partition coefficient (Wildman–Crippen LogP) is 0.544. The molecule has 0 unspecified atom stereocenters. The minimum Gasteiger partial charge on any atom is -0.477 e. The highest BCUT2D eigenvalue weighted by Gasteiger charge is 2.20. The van der Waals surface area contributed by atoms with Crippen molar-refractivity contribution in [2.75, 3.05) is 32.8 Å². The second-order valence-electron chi connectivity index (χ2n) is 4.29. The zero-order valence-electron chi connectivity index (χ0n) is 10.7. The first-order valence-electron chi connectivity index (χ1n) is 6.13. The Kier molecular flexibility index (Phi) is 4.46. The molecule has 0 spiro atoms. The number of nitrogens with one attached hydrogen (secondary N) is 1.